The van der Waals surface area contributed by atoms with E-state index in [1.807, 2.05) is 73.4 Å². The van der Waals surface area contributed by atoms with Crippen LogP contribution >= 0.6 is 0 Å². The molecule has 158 valence electrons. The van der Waals surface area contributed by atoms with Crippen LogP contribution in [0.1, 0.15) is 35.3 Å². The third-order valence-electron chi connectivity index (χ3n) is 5.25. The molecule has 0 spiro atoms. The molecule has 2 aromatic carbocycles. The van der Waals surface area contributed by atoms with Crippen molar-refractivity contribution in [2.24, 2.45) is 0 Å². The Hall–Kier alpha value is -3.87. The Morgan fingerprint density at radius 2 is 1.71 bits per heavy atom. The molecule has 1 atom stereocenters. The van der Waals surface area contributed by atoms with Crippen molar-refractivity contribution in [3.05, 3.63) is 95.6 Å². The summed E-state index contributed by atoms with van der Waals surface area (Å²) in [6.07, 6.45) is 5.48. The molecular weight excluding hydrogens is 388 g/mol. The maximum absolute atomic E-state index is 12.4. The van der Waals surface area contributed by atoms with Gasteiger partial charge in [-0.1, -0.05) is 35.9 Å². The standard InChI is InChI=1S/C24H26N6O/c1-17-9-11-22(12-10-17)30-19(3)23(15-27-30)18(2)28-24(31)25-13-20-14-26-29(16-20)21-7-5-4-6-8-21/h4-12,14-16,18H,13H2,1-3H3,(H2,25,28,31)/t18-/m1/s1. The van der Waals surface area contributed by atoms with Gasteiger partial charge < -0.3 is 10.6 Å². The topological polar surface area (TPSA) is 76.8 Å². The average Bonchev–Trinajstić information content (AvgIpc) is 3.40. The summed E-state index contributed by atoms with van der Waals surface area (Å²) in [5.41, 5.74) is 6.09. The number of nitrogens with zero attached hydrogens (tertiary/aromatic N) is 4. The van der Waals surface area contributed by atoms with Crippen molar-refractivity contribution >= 4 is 6.03 Å². The van der Waals surface area contributed by atoms with Crippen molar-refractivity contribution < 1.29 is 4.79 Å². The Balaban J connectivity index is 1.35. The van der Waals surface area contributed by atoms with Crippen LogP contribution in [0, 0.1) is 13.8 Å². The Morgan fingerprint density at radius 3 is 2.45 bits per heavy atom. The Kier molecular flexibility index (Phi) is 5.84. The molecule has 0 aliphatic heterocycles. The summed E-state index contributed by atoms with van der Waals surface area (Å²) in [4.78, 5) is 12.4. The van der Waals surface area contributed by atoms with E-state index in [9.17, 15) is 4.79 Å². The van der Waals surface area contributed by atoms with Gasteiger partial charge in [0.05, 0.1) is 29.8 Å². The fourth-order valence-electron chi connectivity index (χ4n) is 3.47. The Morgan fingerprint density at radius 1 is 0.968 bits per heavy atom. The van der Waals surface area contributed by atoms with Crippen molar-refractivity contribution in [3.8, 4) is 11.4 Å². The third-order valence-corrected chi connectivity index (χ3v) is 5.25. The van der Waals surface area contributed by atoms with E-state index in [-0.39, 0.29) is 12.1 Å². The monoisotopic (exact) mass is 414 g/mol. The number of carbonyl (C=O) groups is 1. The fraction of sp³-hybridized carbons (Fsp3) is 0.208. The molecule has 0 fully saturated rings. The van der Waals surface area contributed by atoms with Crippen LogP contribution in [0.25, 0.3) is 11.4 Å². The van der Waals surface area contributed by atoms with Crippen LogP contribution in [-0.4, -0.2) is 25.6 Å². The summed E-state index contributed by atoms with van der Waals surface area (Å²) in [5.74, 6) is 0. The van der Waals surface area contributed by atoms with E-state index in [2.05, 4.69) is 39.9 Å². The first kappa shape index (κ1) is 20.4. The first-order chi connectivity index (χ1) is 15.0. The van der Waals surface area contributed by atoms with Gasteiger partial charge in [-0.3, -0.25) is 0 Å². The average molecular weight is 415 g/mol. The number of nitrogens with one attached hydrogen (secondary N) is 2. The highest BCUT2D eigenvalue weighted by atomic mass is 16.2. The summed E-state index contributed by atoms with van der Waals surface area (Å²) < 4.78 is 3.68. The molecular formula is C24H26N6O. The molecule has 0 radical (unpaired) electrons. The minimum absolute atomic E-state index is 0.175. The van der Waals surface area contributed by atoms with Gasteiger partial charge in [0, 0.05) is 29.6 Å². The number of aryl methyl sites for hydroxylation is 1. The fourth-order valence-corrected chi connectivity index (χ4v) is 3.47. The molecule has 2 aromatic heterocycles. The zero-order chi connectivity index (χ0) is 21.8. The summed E-state index contributed by atoms with van der Waals surface area (Å²) in [6.45, 7) is 6.42. The maximum Gasteiger partial charge on any atom is 0.315 e. The molecule has 7 nitrogen and oxygen atoms in total. The molecule has 0 saturated carbocycles. The second-order valence-electron chi connectivity index (χ2n) is 7.61. The quantitative estimate of drug-likeness (QED) is 0.496. The molecule has 0 bridgehead atoms. The van der Waals surface area contributed by atoms with Crippen molar-refractivity contribution in [2.75, 3.05) is 0 Å². The van der Waals surface area contributed by atoms with Crippen molar-refractivity contribution in [1.82, 2.24) is 30.2 Å². The van der Waals surface area contributed by atoms with Crippen molar-refractivity contribution in [2.45, 2.75) is 33.4 Å². The highest BCUT2D eigenvalue weighted by Crippen LogP contribution is 2.20. The van der Waals surface area contributed by atoms with Gasteiger partial charge in [-0.25, -0.2) is 14.2 Å². The van der Waals surface area contributed by atoms with Crippen LogP contribution in [0.15, 0.2) is 73.2 Å². The Labute approximate surface area is 181 Å². The second kappa shape index (κ2) is 8.87. The zero-order valence-electron chi connectivity index (χ0n) is 17.9. The number of hydrogen-bond acceptors (Lipinski definition) is 3. The van der Waals surface area contributed by atoms with Crippen LogP contribution in [0.4, 0.5) is 4.79 Å². The number of amides is 2. The van der Waals surface area contributed by atoms with Gasteiger partial charge in [0.2, 0.25) is 0 Å². The molecule has 0 unspecified atom stereocenters. The van der Waals surface area contributed by atoms with E-state index in [4.69, 9.17) is 0 Å². The second-order valence-corrected chi connectivity index (χ2v) is 7.61. The molecule has 0 aliphatic carbocycles. The van der Waals surface area contributed by atoms with Gasteiger partial charge in [-0.2, -0.15) is 10.2 Å². The molecule has 0 saturated heterocycles. The smallest absolute Gasteiger partial charge is 0.315 e. The van der Waals surface area contributed by atoms with E-state index in [1.165, 1.54) is 5.56 Å². The number of urea groups is 1. The summed E-state index contributed by atoms with van der Waals surface area (Å²) in [7, 11) is 0. The molecule has 4 rings (SSSR count). The molecule has 2 N–H and O–H groups in total. The maximum atomic E-state index is 12.4. The van der Waals surface area contributed by atoms with Gasteiger partial charge in [-0.15, -0.1) is 0 Å². The highest BCUT2D eigenvalue weighted by molar-refractivity contribution is 5.74. The minimum Gasteiger partial charge on any atom is -0.334 e. The zero-order valence-corrected chi connectivity index (χ0v) is 17.9. The number of benzene rings is 2. The van der Waals surface area contributed by atoms with E-state index >= 15 is 0 Å². The van der Waals surface area contributed by atoms with Gasteiger partial charge in [0.1, 0.15) is 0 Å². The van der Waals surface area contributed by atoms with Crippen LogP contribution < -0.4 is 10.6 Å². The molecule has 2 heterocycles. The lowest BCUT2D eigenvalue weighted by Gasteiger charge is -2.15. The first-order valence-corrected chi connectivity index (χ1v) is 10.3. The van der Waals surface area contributed by atoms with Crippen molar-refractivity contribution in [1.29, 1.82) is 0 Å². The summed E-state index contributed by atoms with van der Waals surface area (Å²) in [5, 5.41) is 14.7. The normalized spacial score (nSPS) is 11.8. The van der Waals surface area contributed by atoms with E-state index in [0.29, 0.717) is 6.54 Å². The van der Waals surface area contributed by atoms with Crippen molar-refractivity contribution in [3.63, 3.8) is 0 Å². The first-order valence-electron chi connectivity index (χ1n) is 10.3. The van der Waals surface area contributed by atoms with Gasteiger partial charge in [-0.05, 0) is 45.0 Å². The lowest BCUT2D eigenvalue weighted by molar-refractivity contribution is 0.237. The largest absolute Gasteiger partial charge is 0.334 e. The van der Waals surface area contributed by atoms with E-state index in [1.54, 1.807) is 10.9 Å². The highest BCUT2D eigenvalue weighted by Gasteiger charge is 2.16. The molecule has 4 aromatic rings. The minimum atomic E-state index is -0.234. The predicted octanol–water partition coefficient (Wildman–Crippen LogP) is 4.24. The van der Waals surface area contributed by atoms with Crippen LogP contribution in [0.3, 0.4) is 0 Å². The number of hydrogen-bond donors (Lipinski definition) is 2. The predicted molar refractivity (Wildman–Crippen MR) is 120 cm³/mol. The van der Waals surface area contributed by atoms with Crippen LogP contribution in [-0.2, 0) is 6.54 Å². The summed E-state index contributed by atoms with van der Waals surface area (Å²) >= 11 is 0. The molecule has 2 amide bonds. The number of para-hydroxylation sites is 1. The SMILES string of the molecule is Cc1ccc(-n2ncc([C@@H](C)NC(=O)NCc3cnn(-c4ccccc4)c3)c2C)cc1. The van der Waals surface area contributed by atoms with Gasteiger partial charge >= 0.3 is 6.03 Å². The van der Waals surface area contributed by atoms with E-state index < -0.39 is 0 Å². The summed E-state index contributed by atoms with van der Waals surface area (Å²) in [6, 6.07) is 17.7. The van der Waals surface area contributed by atoms with Gasteiger partial charge in [0.25, 0.3) is 0 Å². The lowest BCUT2D eigenvalue weighted by Crippen LogP contribution is -2.36. The molecule has 31 heavy (non-hydrogen) atoms. The molecule has 7 heteroatoms. The van der Waals surface area contributed by atoms with E-state index in [0.717, 1.165) is 28.2 Å². The molecule has 0 aliphatic rings. The number of rotatable bonds is 6. The number of aromatic nitrogens is 4. The van der Waals surface area contributed by atoms with Gasteiger partial charge in [0.15, 0.2) is 0 Å². The lowest BCUT2D eigenvalue weighted by atomic mass is 10.1. The van der Waals surface area contributed by atoms with Crippen LogP contribution in [0.2, 0.25) is 0 Å². The van der Waals surface area contributed by atoms with Crippen LogP contribution in [0.5, 0.6) is 0 Å². The third kappa shape index (κ3) is 4.66. The number of carbonyl (C=O) groups excluding carboxylic acids is 1. The Bertz CT molecular complexity index is 1160.